The van der Waals surface area contributed by atoms with Crippen molar-refractivity contribution in [2.75, 3.05) is 33.3 Å². The van der Waals surface area contributed by atoms with Crippen LogP contribution in [0.4, 0.5) is 0 Å². The Morgan fingerprint density at radius 2 is 1.94 bits per heavy atom. The lowest BCUT2D eigenvalue weighted by atomic mass is 9.70. The zero-order chi connectivity index (χ0) is 25.8. The minimum atomic E-state index is -0.976. The van der Waals surface area contributed by atoms with Gasteiger partial charge in [0, 0.05) is 39.3 Å². The predicted molar refractivity (Wildman–Crippen MR) is 134 cm³/mol. The SMILES string of the molecule is C=CCN(C)C(=O)[C@@H]1[C@H]2C(=O)N(CCCCCO)C(C(=O)N(CC=C)C(C)CCC)C23CC[C@H]1O3. The number of nitrogens with zero attached hydrogens (tertiary/aromatic N) is 3. The summed E-state index contributed by atoms with van der Waals surface area (Å²) in [6.07, 6.45) is 8.18. The maximum absolute atomic E-state index is 14.2. The third kappa shape index (κ3) is 4.92. The fraction of sp³-hybridized carbons (Fsp3) is 0.741. The fourth-order valence-corrected chi connectivity index (χ4v) is 6.42. The van der Waals surface area contributed by atoms with Gasteiger partial charge in [-0.25, -0.2) is 0 Å². The molecule has 1 N–H and O–H groups in total. The molecule has 3 saturated heterocycles. The number of carbonyl (C=O) groups excluding carboxylic acids is 3. The van der Waals surface area contributed by atoms with Crippen LogP contribution in [0.5, 0.6) is 0 Å². The summed E-state index contributed by atoms with van der Waals surface area (Å²) in [7, 11) is 1.72. The second-order valence-corrected chi connectivity index (χ2v) is 10.3. The molecule has 1 spiro atoms. The molecule has 0 aromatic heterocycles. The molecule has 3 heterocycles. The molecule has 3 unspecified atom stereocenters. The van der Waals surface area contributed by atoms with E-state index in [9.17, 15) is 19.5 Å². The van der Waals surface area contributed by atoms with Crippen LogP contribution in [0, 0.1) is 11.8 Å². The van der Waals surface area contributed by atoms with Crippen LogP contribution in [0.1, 0.15) is 58.8 Å². The van der Waals surface area contributed by atoms with Crippen molar-refractivity contribution in [2.24, 2.45) is 11.8 Å². The molecule has 3 fully saturated rings. The van der Waals surface area contributed by atoms with Gasteiger partial charge in [0.2, 0.25) is 17.7 Å². The minimum Gasteiger partial charge on any atom is -0.396 e. The monoisotopic (exact) mass is 489 g/mol. The first kappa shape index (κ1) is 27.4. The number of unbranched alkanes of at least 4 members (excludes halogenated alkanes) is 2. The lowest BCUT2D eigenvalue weighted by Crippen LogP contribution is -2.58. The Hall–Kier alpha value is -2.19. The van der Waals surface area contributed by atoms with Crippen molar-refractivity contribution >= 4 is 17.7 Å². The average molecular weight is 490 g/mol. The summed E-state index contributed by atoms with van der Waals surface area (Å²) in [6.45, 7) is 13.0. The molecule has 0 saturated carbocycles. The smallest absolute Gasteiger partial charge is 0.248 e. The van der Waals surface area contributed by atoms with E-state index in [1.165, 1.54) is 0 Å². The Bertz CT molecular complexity index is 817. The molecule has 3 aliphatic rings. The molecule has 0 aromatic rings. The van der Waals surface area contributed by atoms with Crippen molar-refractivity contribution in [1.29, 1.82) is 0 Å². The molecule has 3 amide bonds. The van der Waals surface area contributed by atoms with Gasteiger partial charge in [-0.15, -0.1) is 13.2 Å². The number of rotatable bonds is 14. The molecule has 35 heavy (non-hydrogen) atoms. The van der Waals surface area contributed by atoms with E-state index in [0.717, 1.165) is 19.3 Å². The zero-order valence-corrected chi connectivity index (χ0v) is 21.7. The summed E-state index contributed by atoms with van der Waals surface area (Å²) in [6, 6.07) is -0.747. The Balaban J connectivity index is 1.99. The highest BCUT2D eigenvalue weighted by molar-refractivity contribution is 5.99. The van der Waals surface area contributed by atoms with Crippen molar-refractivity contribution in [2.45, 2.75) is 82.6 Å². The first-order chi connectivity index (χ1) is 16.8. The Morgan fingerprint density at radius 3 is 2.57 bits per heavy atom. The number of amides is 3. The summed E-state index contributed by atoms with van der Waals surface area (Å²) in [5.41, 5.74) is -0.976. The second-order valence-electron chi connectivity index (χ2n) is 10.3. The molecular formula is C27H43N3O5. The predicted octanol–water partition coefficient (Wildman–Crippen LogP) is 2.37. The molecular weight excluding hydrogens is 446 g/mol. The van der Waals surface area contributed by atoms with Gasteiger partial charge in [0.25, 0.3) is 0 Å². The van der Waals surface area contributed by atoms with E-state index in [1.807, 2.05) is 11.8 Å². The average Bonchev–Trinajstić information content (AvgIpc) is 3.47. The van der Waals surface area contributed by atoms with E-state index in [1.54, 1.807) is 29.0 Å². The van der Waals surface area contributed by atoms with E-state index >= 15 is 0 Å². The lowest BCUT2D eigenvalue weighted by Gasteiger charge is -2.39. The third-order valence-electron chi connectivity index (χ3n) is 8.00. The maximum atomic E-state index is 14.2. The molecule has 0 aromatic carbocycles. The number of likely N-dealkylation sites (N-methyl/N-ethyl adjacent to an activating group) is 1. The summed E-state index contributed by atoms with van der Waals surface area (Å²) < 4.78 is 6.53. The van der Waals surface area contributed by atoms with Crippen LogP contribution in [0.15, 0.2) is 25.3 Å². The van der Waals surface area contributed by atoms with Crippen LogP contribution >= 0.6 is 0 Å². The first-order valence-corrected chi connectivity index (χ1v) is 13.1. The molecule has 2 bridgehead atoms. The number of hydrogen-bond acceptors (Lipinski definition) is 5. The van der Waals surface area contributed by atoms with E-state index in [-0.39, 0.29) is 36.5 Å². The number of carbonyl (C=O) groups is 3. The normalized spacial score (nSPS) is 29.7. The summed E-state index contributed by atoms with van der Waals surface area (Å²) in [5.74, 6) is -1.62. The number of likely N-dealkylation sites (tertiary alicyclic amines) is 1. The molecule has 196 valence electrons. The third-order valence-corrected chi connectivity index (χ3v) is 8.00. The quantitative estimate of drug-likeness (QED) is 0.299. The lowest BCUT2D eigenvalue weighted by molar-refractivity contribution is -0.150. The summed E-state index contributed by atoms with van der Waals surface area (Å²) in [5, 5.41) is 9.18. The fourth-order valence-electron chi connectivity index (χ4n) is 6.42. The van der Waals surface area contributed by atoms with Gasteiger partial charge in [-0.1, -0.05) is 25.5 Å². The number of aliphatic hydroxyl groups excluding tert-OH is 1. The van der Waals surface area contributed by atoms with Gasteiger partial charge in [-0.05, 0) is 45.4 Å². The summed E-state index contributed by atoms with van der Waals surface area (Å²) in [4.78, 5) is 46.6. The van der Waals surface area contributed by atoms with Gasteiger partial charge < -0.3 is 24.5 Å². The number of hydrogen-bond donors (Lipinski definition) is 1. The van der Waals surface area contributed by atoms with Crippen LogP contribution in [0.25, 0.3) is 0 Å². The number of aliphatic hydroxyl groups is 1. The molecule has 8 nitrogen and oxygen atoms in total. The van der Waals surface area contributed by atoms with Crippen LogP contribution in [0.2, 0.25) is 0 Å². The highest BCUT2D eigenvalue weighted by atomic mass is 16.5. The molecule has 0 radical (unpaired) electrons. The molecule has 0 aliphatic carbocycles. The number of ether oxygens (including phenoxy) is 1. The number of fused-ring (bicyclic) bond motifs is 1. The van der Waals surface area contributed by atoms with Crippen LogP contribution in [-0.2, 0) is 19.1 Å². The van der Waals surface area contributed by atoms with E-state index < -0.39 is 23.5 Å². The highest BCUT2D eigenvalue weighted by Crippen LogP contribution is 2.59. The van der Waals surface area contributed by atoms with Gasteiger partial charge in [-0.2, -0.15) is 0 Å². The maximum Gasteiger partial charge on any atom is 0.248 e. The van der Waals surface area contributed by atoms with Crippen molar-refractivity contribution in [3.8, 4) is 0 Å². The zero-order valence-electron chi connectivity index (χ0n) is 21.7. The molecule has 3 rings (SSSR count). The minimum absolute atomic E-state index is 0.00190. The largest absolute Gasteiger partial charge is 0.396 e. The van der Waals surface area contributed by atoms with Gasteiger partial charge in [-0.3, -0.25) is 14.4 Å². The van der Waals surface area contributed by atoms with E-state index in [4.69, 9.17) is 4.74 Å². The van der Waals surface area contributed by atoms with Gasteiger partial charge in [0.1, 0.15) is 11.6 Å². The van der Waals surface area contributed by atoms with Crippen molar-refractivity contribution in [3.63, 3.8) is 0 Å². The second kappa shape index (κ2) is 11.7. The van der Waals surface area contributed by atoms with E-state index in [0.29, 0.717) is 45.3 Å². The van der Waals surface area contributed by atoms with Crippen LogP contribution in [-0.4, -0.2) is 94.6 Å². The Morgan fingerprint density at radius 1 is 1.23 bits per heavy atom. The first-order valence-electron chi connectivity index (χ1n) is 13.1. The standard InChI is InChI=1S/C27H43N3O5/c1-6-12-19(4)29(16-8-3)26(34)23-27-14-13-20(35-27)21(24(32)28(5)15-7-2)22(27)25(33)30(23)17-10-9-11-18-31/h7-8,19-23,31H,2-3,6,9-18H2,1,4-5H3/t19?,20-,21+,22+,23?,27?/m1/s1. The van der Waals surface area contributed by atoms with Gasteiger partial charge in [0.15, 0.2) is 0 Å². The molecule has 8 heteroatoms. The van der Waals surface area contributed by atoms with E-state index in [2.05, 4.69) is 20.1 Å². The van der Waals surface area contributed by atoms with Crippen LogP contribution < -0.4 is 0 Å². The topological polar surface area (TPSA) is 90.4 Å². The summed E-state index contributed by atoms with van der Waals surface area (Å²) >= 11 is 0. The van der Waals surface area contributed by atoms with Crippen molar-refractivity contribution < 1.29 is 24.2 Å². The van der Waals surface area contributed by atoms with Gasteiger partial charge in [0.05, 0.1) is 17.9 Å². The highest BCUT2D eigenvalue weighted by Gasteiger charge is 2.74. The van der Waals surface area contributed by atoms with Crippen molar-refractivity contribution in [1.82, 2.24) is 14.7 Å². The Kier molecular flexibility index (Phi) is 9.16. The van der Waals surface area contributed by atoms with Crippen molar-refractivity contribution in [3.05, 3.63) is 25.3 Å². The molecule has 6 atom stereocenters. The molecule has 3 aliphatic heterocycles. The Labute approximate surface area is 210 Å². The van der Waals surface area contributed by atoms with Crippen LogP contribution in [0.3, 0.4) is 0 Å². The van der Waals surface area contributed by atoms with Gasteiger partial charge >= 0.3 is 0 Å².